The van der Waals surface area contributed by atoms with Crippen LogP contribution in [0.15, 0.2) is 24.3 Å². The Morgan fingerprint density at radius 3 is 2.70 bits per heavy atom. The van der Waals surface area contributed by atoms with Gasteiger partial charge in [0.05, 0.1) is 12.6 Å². The molecule has 0 radical (unpaired) electrons. The summed E-state index contributed by atoms with van der Waals surface area (Å²) in [5.74, 6) is -0.230. The van der Waals surface area contributed by atoms with Crippen LogP contribution >= 0.6 is 11.3 Å². The van der Waals surface area contributed by atoms with E-state index < -0.39 is 0 Å². The van der Waals surface area contributed by atoms with Crippen molar-refractivity contribution in [3.63, 3.8) is 0 Å². The normalized spacial score (nSPS) is 16.4. The number of nitrogens with one attached hydrogen (secondary N) is 1. The van der Waals surface area contributed by atoms with Gasteiger partial charge in [-0.05, 0) is 31.9 Å². The van der Waals surface area contributed by atoms with Crippen molar-refractivity contribution in [1.82, 2.24) is 15.1 Å². The fourth-order valence-corrected chi connectivity index (χ4v) is 3.28. The SMILES string of the molecule is Cc1ccc(NC(=O)c2nnc(CN3CCC(O)CC3)s2)cc1. The lowest BCUT2D eigenvalue weighted by atomic mass is 10.1. The van der Waals surface area contributed by atoms with Gasteiger partial charge in [-0.25, -0.2) is 0 Å². The van der Waals surface area contributed by atoms with E-state index in [2.05, 4.69) is 20.4 Å². The molecule has 1 aliphatic heterocycles. The molecule has 0 spiro atoms. The molecular formula is C16H20N4O2S. The Kier molecular flexibility index (Phi) is 5.00. The largest absolute Gasteiger partial charge is 0.393 e. The molecule has 23 heavy (non-hydrogen) atoms. The van der Waals surface area contributed by atoms with E-state index in [1.807, 2.05) is 31.2 Å². The molecule has 2 heterocycles. The first-order chi connectivity index (χ1) is 11.1. The number of aryl methyl sites for hydroxylation is 1. The van der Waals surface area contributed by atoms with Crippen LogP contribution in [0.5, 0.6) is 0 Å². The van der Waals surface area contributed by atoms with E-state index in [1.165, 1.54) is 11.3 Å². The van der Waals surface area contributed by atoms with Crippen LogP contribution < -0.4 is 5.32 Å². The lowest BCUT2D eigenvalue weighted by Gasteiger charge is -2.28. The molecular weight excluding hydrogens is 312 g/mol. The van der Waals surface area contributed by atoms with E-state index in [-0.39, 0.29) is 12.0 Å². The fraction of sp³-hybridized carbons (Fsp3) is 0.438. The number of carbonyl (C=O) groups is 1. The number of hydrogen-bond acceptors (Lipinski definition) is 6. The highest BCUT2D eigenvalue weighted by Gasteiger charge is 2.19. The van der Waals surface area contributed by atoms with Gasteiger partial charge in [0.15, 0.2) is 0 Å². The van der Waals surface area contributed by atoms with Gasteiger partial charge >= 0.3 is 0 Å². The summed E-state index contributed by atoms with van der Waals surface area (Å²) in [6.07, 6.45) is 1.40. The van der Waals surface area contributed by atoms with E-state index in [4.69, 9.17) is 0 Å². The van der Waals surface area contributed by atoms with Crippen molar-refractivity contribution in [3.05, 3.63) is 39.8 Å². The second kappa shape index (κ2) is 7.16. The third kappa shape index (κ3) is 4.34. The Labute approximate surface area is 139 Å². The van der Waals surface area contributed by atoms with E-state index in [9.17, 15) is 9.90 Å². The van der Waals surface area contributed by atoms with Gasteiger partial charge in [0.25, 0.3) is 5.91 Å². The number of aromatic nitrogens is 2. The van der Waals surface area contributed by atoms with Crippen molar-refractivity contribution in [2.24, 2.45) is 0 Å². The van der Waals surface area contributed by atoms with Crippen LogP contribution in [0.1, 0.15) is 33.2 Å². The lowest BCUT2D eigenvalue weighted by Crippen LogP contribution is -2.35. The minimum Gasteiger partial charge on any atom is -0.393 e. The minimum absolute atomic E-state index is 0.184. The van der Waals surface area contributed by atoms with Gasteiger partial charge in [0, 0.05) is 18.8 Å². The van der Waals surface area contributed by atoms with Gasteiger partial charge in [-0.3, -0.25) is 9.69 Å². The zero-order valence-electron chi connectivity index (χ0n) is 13.0. The Bertz CT molecular complexity index is 663. The highest BCUT2D eigenvalue weighted by atomic mass is 32.1. The summed E-state index contributed by atoms with van der Waals surface area (Å²) in [7, 11) is 0. The molecule has 122 valence electrons. The van der Waals surface area contributed by atoms with Crippen molar-refractivity contribution in [2.45, 2.75) is 32.4 Å². The van der Waals surface area contributed by atoms with E-state index in [0.29, 0.717) is 11.6 Å². The van der Waals surface area contributed by atoms with E-state index in [0.717, 1.165) is 42.2 Å². The molecule has 0 saturated carbocycles. The third-order valence-corrected chi connectivity index (χ3v) is 4.79. The van der Waals surface area contributed by atoms with Crippen LogP contribution in [0.25, 0.3) is 0 Å². The monoisotopic (exact) mass is 332 g/mol. The molecule has 1 saturated heterocycles. The number of benzene rings is 1. The maximum Gasteiger partial charge on any atom is 0.286 e. The summed E-state index contributed by atoms with van der Waals surface area (Å²) in [5.41, 5.74) is 1.90. The Balaban J connectivity index is 1.57. The summed E-state index contributed by atoms with van der Waals surface area (Å²) in [4.78, 5) is 14.4. The average molecular weight is 332 g/mol. The Morgan fingerprint density at radius 1 is 1.30 bits per heavy atom. The first-order valence-electron chi connectivity index (χ1n) is 7.71. The zero-order valence-corrected chi connectivity index (χ0v) is 13.8. The zero-order chi connectivity index (χ0) is 16.2. The van der Waals surface area contributed by atoms with Gasteiger partial charge in [-0.2, -0.15) is 0 Å². The summed E-state index contributed by atoms with van der Waals surface area (Å²) in [6, 6.07) is 7.64. The smallest absolute Gasteiger partial charge is 0.286 e. The summed E-state index contributed by atoms with van der Waals surface area (Å²) < 4.78 is 0. The average Bonchev–Trinajstić information content (AvgIpc) is 3.00. The highest BCUT2D eigenvalue weighted by molar-refractivity contribution is 7.13. The quantitative estimate of drug-likeness (QED) is 0.896. The lowest BCUT2D eigenvalue weighted by molar-refractivity contribution is 0.0791. The van der Waals surface area contributed by atoms with Crippen molar-refractivity contribution in [3.8, 4) is 0 Å². The number of rotatable bonds is 4. The first-order valence-corrected chi connectivity index (χ1v) is 8.52. The molecule has 2 aromatic rings. The second-order valence-corrected chi connectivity index (χ2v) is 6.89. The van der Waals surface area contributed by atoms with E-state index >= 15 is 0 Å². The topological polar surface area (TPSA) is 78.4 Å². The number of likely N-dealkylation sites (tertiary alicyclic amines) is 1. The Morgan fingerprint density at radius 2 is 2.00 bits per heavy atom. The maximum atomic E-state index is 12.2. The number of hydrogen-bond donors (Lipinski definition) is 2. The predicted octanol–water partition coefficient (Wildman–Crippen LogP) is 2.06. The molecule has 0 unspecified atom stereocenters. The van der Waals surface area contributed by atoms with Gasteiger partial charge in [-0.15, -0.1) is 10.2 Å². The molecule has 0 atom stereocenters. The van der Waals surface area contributed by atoms with Crippen LogP contribution in [-0.2, 0) is 6.54 Å². The van der Waals surface area contributed by atoms with Crippen molar-refractivity contribution < 1.29 is 9.90 Å². The van der Waals surface area contributed by atoms with Crippen LogP contribution in [0.3, 0.4) is 0 Å². The molecule has 2 N–H and O–H groups in total. The number of piperidine rings is 1. The van der Waals surface area contributed by atoms with Crippen LogP contribution in [0, 0.1) is 6.92 Å². The van der Waals surface area contributed by atoms with Crippen molar-refractivity contribution in [1.29, 1.82) is 0 Å². The van der Waals surface area contributed by atoms with Crippen molar-refractivity contribution in [2.75, 3.05) is 18.4 Å². The van der Waals surface area contributed by atoms with Crippen LogP contribution in [-0.4, -0.2) is 45.3 Å². The van der Waals surface area contributed by atoms with Crippen LogP contribution in [0.2, 0.25) is 0 Å². The fourth-order valence-electron chi connectivity index (χ4n) is 2.50. The van der Waals surface area contributed by atoms with Gasteiger partial charge < -0.3 is 10.4 Å². The molecule has 0 aliphatic carbocycles. The number of carbonyl (C=O) groups excluding carboxylic acids is 1. The molecule has 3 rings (SSSR count). The summed E-state index contributed by atoms with van der Waals surface area (Å²) in [5, 5.41) is 21.7. The Hall–Kier alpha value is -1.83. The molecule has 1 aliphatic rings. The molecule has 1 aromatic heterocycles. The standard InChI is InChI=1S/C16H20N4O2S/c1-11-2-4-12(5-3-11)17-15(22)16-19-18-14(23-16)10-20-8-6-13(21)7-9-20/h2-5,13,21H,6-10H2,1H3,(H,17,22). The minimum atomic E-state index is -0.230. The summed E-state index contributed by atoms with van der Waals surface area (Å²) in [6.45, 7) is 4.39. The first kappa shape index (κ1) is 16.0. The number of amides is 1. The summed E-state index contributed by atoms with van der Waals surface area (Å²) >= 11 is 1.32. The van der Waals surface area contributed by atoms with E-state index in [1.54, 1.807) is 0 Å². The van der Waals surface area contributed by atoms with Crippen molar-refractivity contribution >= 4 is 22.9 Å². The number of aliphatic hydroxyl groups is 1. The van der Waals surface area contributed by atoms with Gasteiger partial charge in [0.1, 0.15) is 5.01 Å². The highest BCUT2D eigenvalue weighted by Crippen LogP contribution is 2.18. The number of nitrogens with zero attached hydrogens (tertiary/aromatic N) is 3. The third-order valence-electron chi connectivity index (χ3n) is 3.89. The predicted molar refractivity (Wildman–Crippen MR) is 89.6 cm³/mol. The number of aliphatic hydroxyl groups excluding tert-OH is 1. The second-order valence-electron chi connectivity index (χ2n) is 5.83. The van der Waals surface area contributed by atoms with Gasteiger partial charge in [-0.1, -0.05) is 29.0 Å². The van der Waals surface area contributed by atoms with Gasteiger partial charge in [0.2, 0.25) is 5.01 Å². The molecule has 0 bridgehead atoms. The maximum absolute atomic E-state index is 12.2. The molecule has 6 nitrogen and oxygen atoms in total. The molecule has 7 heteroatoms. The molecule has 1 aromatic carbocycles. The molecule has 1 amide bonds. The number of anilines is 1. The molecule has 1 fully saturated rings. The van der Waals surface area contributed by atoms with Crippen LogP contribution in [0.4, 0.5) is 5.69 Å².